The van der Waals surface area contributed by atoms with Crippen molar-refractivity contribution in [1.82, 2.24) is 76.3 Å². The van der Waals surface area contributed by atoms with Gasteiger partial charge in [0.2, 0.25) is 0 Å². The first-order valence-electron chi connectivity index (χ1n) is 33.0. The number of nitriles is 3. The Morgan fingerprint density at radius 1 is 0.420 bits per heavy atom. The minimum absolute atomic E-state index is 0. The molecule has 0 amide bonds. The van der Waals surface area contributed by atoms with Gasteiger partial charge in [0.15, 0.2) is 17.3 Å². The van der Waals surface area contributed by atoms with Gasteiger partial charge in [-0.05, 0) is 172 Å². The summed E-state index contributed by atoms with van der Waals surface area (Å²) in [7, 11) is 1.63. The third-order valence-corrected chi connectivity index (χ3v) is 18.7. The second-order valence-corrected chi connectivity index (χ2v) is 25.0. The van der Waals surface area contributed by atoms with Gasteiger partial charge in [0.25, 0.3) is 0 Å². The predicted molar refractivity (Wildman–Crippen MR) is 387 cm³/mol. The minimum Gasteiger partial charge on any atom is -0.507 e. The molecule has 0 bridgehead atoms. The van der Waals surface area contributed by atoms with Crippen LogP contribution in [0.25, 0.3) is 102 Å². The van der Waals surface area contributed by atoms with Gasteiger partial charge >= 0.3 is 0 Å². The van der Waals surface area contributed by atoms with Crippen LogP contribution in [-0.2, 0) is 16.2 Å². The Balaban J connectivity index is 0.000000216. The zero-order chi connectivity index (χ0) is 69.2. The number of aromatic nitrogens is 12. The Hall–Kier alpha value is -12.1. The fraction of sp³-hybridized carbons (Fsp3) is 0.260. The van der Waals surface area contributed by atoms with Gasteiger partial charge in [-0.1, -0.05) is 64.0 Å². The summed E-state index contributed by atoms with van der Waals surface area (Å²) in [6.07, 6.45) is 14.8. The van der Waals surface area contributed by atoms with E-state index in [-0.39, 0.29) is 14.3 Å². The maximum absolute atomic E-state index is 10.1. The van der Waals surface area contributed by atoms with Crippen LogP contribution in [-0.4, -0.2) is 112 Å². The van der Waals surface area contributed by atoms with Crippen molar-refractivity contribution in [3.05, 3.63) is 204 Å². The molecule has 3 saturated heterocycles. The van der Waals surface area contributed by atoms with Crippen LogP contribution in [0.1, 0.15) is 86.8 Å². The number of piperidine rings is 3. The van der Waals surface area contributed by atoms with Crippen molar-refractivity contribution in [1.29, 1.82) is 15.8 Å². The Morgan fingerprint density at radius 3 is 1.13 bits per heavy atom. The number of benzene rings is 3. The maximum Gasteiger partial charge on any atom is 0.187 e. The van der Waals surface area contributed by atoms with E-state index in [9.17, 15) is 20.9 Å². The van der Waals surface area contributed by atoms with Crippen LogP contribution in [0.3, 0.4) is 0 Å². The number of aryl methyl sites for hydroxylation is 4. The van der Waals surface area contributed by atoms with Crippen LogP contribution < -0.4 is 20.7 Å². The standard InChI is InChI=1S/C26H24N6O2.C26H24N6O.C25H22N6O2.6H2/c1-17-25(23-14-20(32-34-23)19-5-3-4-6-22(19)33-2)31-21(15-30-17)18-7-10-29-24(13-18)26(16-27)8-11-28-12-9-26;1-17-5-3-4-6-20(17)21-14-23(33-32-21)25-18(2)30-15-22(31-25)19-7-10-29-24(13-19)26(16-27)8-11-28-12-9-26;1-16-24(22-13-19(31-33-22)18-4-2-3-5-21(18)32)30-20(14-29-16)17-6-9-28-23(12-17)25(15-26)7-10-27-11-8-25;;;;;;/h3-7,10,13-15,28H,8-9,11-12H2,1-2H3;3-7,10,13-15,28H,8-9,11-12H2,1-2H3;2-6,9,12-14,27,32H,7-8,10-11H2,1H3;6*1H. The van der Waals surface area contributed by atoms with E-state index in [0.717, 1.165) is 145 Å². The smallest absolute Gasteiger partial charge is 0.187 e. The van der Waals surface area contributed by atoms with E-state index in [1.165, 1.54) is 0 Å². The predicted octanol–water partition coefficient (Wildman–Crippen LogP) is 14.4. The molecule has 4 N–H and O–H groups in total. The number of ether oxygens (including phenoxy) is 1. The zero-order valence-electron chi connectivity index (χ0n) is 55.9. The van der Waals surface area contributed by atoms with Crippen molar-refractivity contribution in [2.45, 2.75) is 82.5 Å². The molecule has 12 heterocycles. The van der Waals surface area contributed by atoms with Gasteiger partial charge in [0.1, 0.15) is 61.9 Å². The summed E-state index contributed by atoms with van der Waals surface area (Å²) in [6.45, 7) is 12.5. The molecule has 510 valence electrons. The second kappa shape index (κ2) is 29.3. The van der Waals surface area contributed by atoms with Crippen molar-refractivity contribution in [3.8, 4) is 132 Å². The molecule has 12 aromatic rings. The molecule has 23 heteroatoms. The first-order valence-corrected chi connectivity index (χ1v) is 33.0. The van der Waals surface area contributed by atoms with Crippen molar-refractivity contribution >= 4 is 0 Å². The highest BCUT2D eigenvalue weighted by atomic mass is 16.5. The van der Waals surface area contributed by atoms with Crippen LogP contribution in [0.5, 0.6) is 11.5 Å². The number of hydrogen-bond donors (Lipinski definition) is 4. The van der Waals surface area contributed by atoms with Crippen LogP contribution in [0, 0.1) is 61.7 Å². The largest absolute Gasteiger partial charge is 0.507 e. The van der Waals surface area contributed by atoms with E-state index in [4.69, 9.17) is 33.3 Å². The third-order valence-electron chi connectivity index (χ3n) is 18.7. The number of nitrogens with zero attached hydrogens (tertiary/aromatic N) is 15. The number of aromatic hydroxyl groups is 1. The first kappa shape index (κ1) is 66.5. The molecule has 0 saturated carbocycles. The lowest BCUT2D eigenvalue weighted by Crippen LogP contribution is -2.39. The van der Waals surface area contributed by atoms with Crippen molar-refractivity contribution in [2.75, 3.05) is 46.4 Å². The monoisotopic (exact) mass is 1340 g/mol. The van der Waals surface area contributed by atoms with Gasteiger partial charge in [-0.15, -0.1) is 0 Å². The Labute approximate surface area is 586 Å². The first-order chi connectivity index (χ1) is 48.8. The van der Waals surface area contributed by atoms with Crippen LogP contribution in [0.4, 0.5) is 0 Å². The second-order valence-electron chi connectivity index (χ2n) is 25.0. The molecular formula is C77H82N18O5. The molecule has 3 aliphatic rings. The summed E-state index contributed by atoms with van der Waals surface area (Å²) in [5, 5.41) is 62.5. The number of nitrogens with one attached hydrogen (secondary N) is 3. The van der Waals surface area contributed by atoms with Gasteiger partial charge in [-0.2, -0.15) is 15.8 Å². The number of phenols is 1. The molecule has 0 aliphatic carbocycles. The highest BCUT2D eigenvalue weighted by Gasteiger charge is 2.38. The topological polar surface area (TPSA) is 331 Å². The van der Waals surface area contributed by atoms with E-state index in [1.807, 2.05) is 131 Å². The summed E-state index contributed by atoms with van der Waals surface area (Å²) in [4.78, 5) is 41.8. The molecular weight excluding hydrogens is 1260 g/mol. The molecule has 0 spiro atoms. The third kappa shape index (κ3) is 13.8. The summed E-state index contributed by atoms with van der Waals surface area (Å²) >= 11 is 0. The molecule has 15 rings (SSSR count). The number of methoxy groups -OCH3 is 1. The Bertz CT molecular complexity index is 4890. The summed E-state index contributed by atoms with van der Waals surface area (Å²) < 4.78 is 22.3. The summed E-state index contributed by atoms with van der Waals surface area (Å²) in [5.41, 5.74) is 14.7. The molecule has 0 radical (unpaired) electrons. The quantitative estimate of drug-likeness (QED) is 0.0833. The van der Waals surface area contributed by atoms with Gasteiger partial charge in [-0.3, -0.25) is 29.9 Å². The number of phenolic OH excluding ortho intramolecular Hbond substituents is 1. The average Bonchev–Trinajstić information content (AvgIpc) is 1.71. The highest BCUT2D eigenvalue weighted by molar-refractivity contribution is 5.75. The van der Waals surface area contributed by atoms with Crippen LogP contribution in [0.2, 0.25) is 0 Å². The van der Waals surface area contributed by atoms with E-state index in [0.29, 0.717) is 79.8 Å². The Morgan fingerprint density at radius 2 is 0.760 bits per heavy atom. The number of para-hydroxylation sites is 2. The van der Waals surface area contributed by atoms with E-state index < -0.39 is 16.2 Å². The average molecular weight is 1340 g/mol. The summed E-state index contributed by atoms with van der Waals surface area (Å²) in [5.74, 6) is 2.39. The highest BCUT2D eigenvalue weighted by Crippen LogP contribution is 2.40. The SMILES string of the molecule is COc1ccccc1-c1cc(-c2nc(-c3ccnc(C4(C#N)CCNCC4)c3)cnc2C)on1.Cc1ccccc1-c1cc(-c2nc(-c3ccnc(C4(C#N)CCNCC4)c3)cnc2C)on1.Cc1ncc(-c2ccnc(C3(C#N)CCNCC3)c2)nc1-c1cc(-c2ccccc2O)no1.[HH].[HH].[HH].[HH].[HH].[HH]. The van der Waals surface area contributed by atoms with Crippen LogP contribution >= 0.6 is 0 Å². The normalized spacial score (nSPS) is 15.1. The van der Waals surface area contributed by atoms with E-state index in [2.05, 4.69) is 79.5 Å². The van der Waals surface area contributed by atoms with E-state index >= 15 is 0 Å². The van der Waals surface area contributed by atoms with Crippen molar-refractivity contribution in [2.24, 2.45) is 0 Å². The molecule has 9 aromatic heterocycles. The molecule has 0 atom stereocenters. The molecule has 0 unspecified atom stereocenters. The van der Waals surface area contributed by atoms with Crippen molar-refractivity contribution in [3.63, 3.8) is 0 Å². The van der Waals surface area contributed by atoms with Crippen LogP contribution in [0.15, 0.2) is 178 Å². The molecule has 23 nitrogen and oxygen atoms in total. The molecule has 100 heavy (non-hydrogen) atoms. The van der Waals surface area contributed by atoms with E-state index in [1.54, 1.807) is 68.6 Å². The molecule has 3 aliphatic heterocycles. The number of hydrogen-bond acceptors (Lipinski definition) is 23. The Kier molecular flexibility index (Phi) is 19.5. The van der Waals surface area contributed by atoms with Gasteiger partial charge < -0.3 is 39.4 Å². The lowest BCUT2D eigenvalue weighted by molar-refractivity contribution is 0.375. The lowest BCUT2D eigenvalue weighted by atomic mass is 9.77. The van der Waals surface area contributed by atoms with Gasteiger partial charge in [-0.25, -0.2) is 15.0 Å². The maximum atomic E-state index is 10.1. The minimum atomic E-state index is -0.597. The summed E-state index contributed by atoms with van der Waals surface area (Å²) in [6, 6.07) is 47.2. The van der Waals surface area contributed by atoms with Crippen molar-refractivity contribution < 1.29 is 32.0 Å². The number of pyridine rings is 3. The fourth-order valence-corrected chi connectivity index (χ4v) is 12.8. The number of rotatable bonds is 13. The zero-order valence-corrected chi connectivity index (χ0v) is 55.9. The molecule has 3 aromatic carbocycles. The fourth-order valence-electron chi connectivity index (χ4n) is 12.8. The van der Waals surface area contributed by atoms with Gasteiger partial charge in [0.05, 0.1) is 95.2 Å². The molecule has 3 fully saturated rings. The lowest BCUT2D eigenvalue weighted by Gasteiger charge is -2.30. The van der Waals surface area contributed by atoms with Gasteiger partial charge in [0, 0.05) is 78.7 Å².